The lowest BCUT2D eigenvalue weighted by atomic mass is 10.4. The lowest BCUT2D eigenvalue weighted by Crippen LogP contribution is -2.38. The van der Waals surface area contributed by atoms with E-state index >= 15 is 0 Å². The van der Waals surface area contributed by atoms with Gasteiger partial charge in [-0.2, -0.15) is 4.31 Å². The largest absolute Gasteiger partial charge is 0.447 e. The Morgan fingerprint density at radius 2 is 2.25 bits per heavy atom. The van der Waals surface area contributed by atoms with Gasteiger partial charge >= 0.3 is 0 Å². The maximum absolute atomic E-state index is 12.5. The highest BCUT2D eigenvalue weighted by molar-refractivity contribution is 7.89. The van der Waals surface area contributed by atoms with E-state index in [4.69, 9.17) is 4.42 Å². The normalized spacial score (nSPS) is 16.2. The fourth-order valence-corrected chi connectivity index (χ4v) is 3.56. The molecule has 0 spiro atoms. The van der Waals surface area contributed by atoms with Crippen molar-refractivity contribution in [1.82, 2.24) is 19.2 Å². The molecule has 0 unspecified atom stereocenters. The molecule has 1 aliphatic heterocycles. The molecule has 0 bridgehead atoms. The van der Waals surface area contributed by atoms with Gasteiger partial charge in [0.05, 0.1) is 13.1 Å². The van der Waals surface area contributed by atoms with E-state index in [1.165, 1.54) is 10.4 Å². The highest BCUT2D eigenvalue weighted by atomic mass is 32.2. The van der Waals surface area contributed by atoms with Crippen LogP contribution in [-0.2, 0) is 29.7 Å². The Hall–Kier alpha value is -1.64. The Balaban J connectivity index is 1.85. The third kappa shape index (κ3) is 2.26. The average Bonchev–Trinajstić information content (AvgIpc) is 3.06. The van der Waals surface area contributed by atoms with E-state index in [-0.39, 0.29) is 11.6 Å². The van der Waals surface area contributed by atoms with Crippen molar-refractivity contribution in [1.29, 1.82) is 0 Å². The summed E-state index contributed by atoms with van der Waals surface area (Å²) in [5.74, 6) is 1.35. The number of fused-ring (bicyclic) bond motifs is 1. The number of rotatable bonds is 4. The first-order valence-electron chi connectivity index (χ1n) is 6.35. The van der Waals surface area contributed by atoms with Crippen molar-refractivity contribution in [3.05, 3.63) is 36.1 Å². The first kappa shape index (κ1) is 13.3. The van der Waals surface area contributed by atoms with Crippen molar-refractivity contribution in [2.75, 3.05) is 13.6 Å². The minimum Gasteiger partial charge on any atom is -0.447 e. The lowest BCUT2D eigenvalue weighted by molar-refractivity contribution is 0.318. The molecule has 3 rings (SSSR count). The average molecular weight is 296 g/mol. The standard InChI is InChI=1S/C12H16N4O3S/c1-13-8-10-2-3-12(19-10)20(17,18)16-7-6-15-5-4-14-11(15)9-16/h2-5,13H,6-9H2,1H3. The molecule has 0 radical (unpaired) electrons. The molecule has 7 nitrogen and oxygen atoms in total. The van der Waals surface area contributed by atoms with Gasteiger partial charge in [-0.3, -0.25) is 0 Å². The molecule has 8 heteroatoms. The summed E-state index contributed by atoms with van der Waals surface area (Å²) < 4.78 is 33.8. The zero-order valence-corrected chi connectivity index (χ0v) is 11.9. The van der Waals surface area contributed by atoms with Crippen LogP contribution in [0.2, 0.25) is 0 Å². The van der Waals surface area contributed by atoms with Crippen LogP contribution in [0.15, 0.2) is 34.0 Å². The van der Waals surface area contributed by atoms with Crippen molar-refractivity contribution in [3.63, 3.8) is 0 Å². The Morgan fingerprint density at radius 1 is 1.40 bits per heavy atom. The van der Waals surface area contributed by atoms with Crippen molar-refractivity contribution < 1.29 is 12.8 Å². The van der Waals surface area contributed by atoms with Crippen molar-refractivity contribution in [3.8, 4) is 0 Å². The van der Waals surface area contributed by atoms with Crippen LogP contribution in [0, 0.1) is 0 Å². The first-order valence-corrected chi connectivity index (χ1v) is 7.79. The fourth-order valence-electron chi connectivity index (χ4n) is 2.25. The fraction of sp³-hybridized carbons (Fsp3) is 0.417. The SMILES string of the molecule is CNCc1ccc(S(=O)(=O)N2CCn3ccnc3C2)o1. The van der Waals surface area contributed by atoms with Crippen LogP contribution in [0.4, 0.5) is 0 Å². The van der Waals surface area contributed by atoms with Gasteiger partial charge in [0.25, 0.3) is 10.0 Å². The summed E-state index contributed by atoms with van der Waals surface area (Å²) in [6, 6.07) is 3.18. The summed E-state index contributed by atoms with van der Waals surface area (Å²) in [4.78, 5) is 4.17. The molecule has 0 saturated carbocycles. The number of nitrogens with zero attached hydrogens (tertiary/aromatic N) is 3. The van der Waals surface area contributed by atoms with E-state index in [2.05, 4.69) is 10.3 Å². The summed E-state index contributed by atoms with van der Waals surface area (Å²) in [6.07, 6.45) is 3.54. The molecule has 108 valence electrons. The summed E-state index contributed by atoms with van der Waals surface area (Å²) in [5.41, 5.74) is 0. The second-order valence-corrected chi connectivity index (χ2v) is 6.50. The lowest BCUT2D eigenvalue weighted by Gasteiger charge is -2.25. The molecule has 1 aliphatic rings. The van der Waals surface area contributed by atoms with Gasteiger partial charge in [-0.25, -0.2) is 13.4 Å². The number of hydrogen-bond acceptors (Lipinski definition) is 5. The molecule has 0 saturated heterocycles. The smallest absolute Gasteiger partial charge is 0.276 e. The van der Waals surface area contributed by atoms with Gasteiger partial charge in [0.2, 0.25) is 5.09 Å². The van der Waals surface area contributed by atoms with Crippen LogP contribution >= 0.6 is 0 Å². The third-order valence-corrected chi connectivity index (χ3v) is 5.01. The van der Waals surface area contributed by atoms with E-state index < -0.39 is 10.0 Å². The summed E-state index contributed by atoms with van der Waals surface area (Å²) in [7, 11) is -1.82. The molecule has 20 heavy (non-hydrogen) atoms. The first-order chi connectivity index (χ1) is 9.61. The van der Waals surface area contributed by atoms with Gasteiger partial charge < -0.3 is 14.3 Å². The van der Waals surface area contributed by atoms with Crippen LogP contribution in [0.25, 0.3) is 0 Å². The van der Waals surface area contributed by atoms with Gasteiger partial charge in [-0.15, -0.1) is 0 Å². The maximum Gasteiger partial charge on any atom is 0.276 e. The van der Waals surface area contributed by atoms with Gasteiger partial charge in [-0.05, 0) is 19.2 Å². The number of nitrogens with one attached hydrogen (secondary N) is 1. The second kappa shape index (κ2) is 5.04. The predicted molar refractivity (Wildman–Crippen MR) is 71.3 cm³/mol. The topological polar surface area (TPSA) is 80.4 Å². The van der Waals surface area contributed by atoms with Gasteiger partial charge in [0, 0.05) is 25.5 Å². The second-order valence-electron chi connectivity index (χ2n) is 4.63. The Morgan fingerprint density at radius 3 is 3.05 bits per heavy atom. The third-order valence-electron chi connectivity index (χ3n) is 3.29. The molecule has 2 aromatic rings. The summed E-state index contributed by atoms with van der Waals surface area (Å²) >= 11 is 0. The summed E-state index contributed by atoms with van der Waals surface area (Å²) in [5, 5.41) is 2.91. The molecule has 0 aliphatic carbocycles. The zero-order valence-electron chi connectivity index (χ0n) is 11.1. The Kier molecular flexibility index (Phi) is 3.36. The van der Waals surface area contributed by atoms with Crippen molar-refractivity contribution in [2.24, 2.45) is 0 Å². The van der Waals surface area contributed by atoms with E-state index in [0.717, 1.165) is 5.82 Å². The number of imidazole rings is 1. The molecule has 0 amide bonds. The molecule has 0 aromatic carbocycles. The van der Waals surface area contributed by atoms with Crippen LogP contribution in [0.5, 0.6) is 0 Å². The van der Waals surface area contributed by atoms with Crippen LogP contribution in [0.1, 0.15) is 11.6 Å². The molecule has 0 fully saturated rings. The minimum atomic E-state index is -3.59. The maximum atomic E-state index is 12.5. The summed E-state index contributed by atoms with van der Waals surface area (Å²) in [6.45, 7) is 1.81. The van der Waals surface area contributed by atoms with Crippen LogP contribution in [-0.4, -0.2) is 35.9 Å². The highest BCUT2D eigenvalue weighted by Gasteiger charge is 2.31. The Labute approximate surface area is 117 Å². The van der Waals surface area contributed by atoms with Crippen molar-refractivity contribution >= 4 is 10.0 Å². The molecule has 2 aromatic heterocycles. The van der Waals surface area contributed by atoms with Gasteiger partial charge in [0.15, 0.2) is 0 Å². The van der Waals surface area contributed by atoms with Gasteiger partial charge in [0.1, 0.15) is 11.6 Å². The quantitative estimate of drug-likeness (QED) is 0.883. The zero-order chi connectivity index (χ0) is 14.2. The molecular weight excluding hydrogens is 280 g/mol. The highest BCUT2D eigenvalue weighted by Crippen LogP contribution is 2.22. The van der Waals surface area contributed by atoms with E-state index in [1.807, 2.05) is 10.8 Å². The minimum absolute atomic E-state index is 0.0113. The number of aromatic nitrogens is 2. The van der Waals surface area contributed by atoms with Gasteiger partial charge in [-0.1, -0.05) is 0 Å². The van der Waals surface area contributed by atoms with E-state index in [1.54, 1.807) is 19.3 Å². The monoisotopic (exact) mass is 296 g/mol. The van der Waals surface area contributed by atoms with E-state index in [0.29, 0.717) is 25.4 Å². The number of sulfonamides is 1. The van der Waals surface area contributed by atoms with Crippen LogP contribution < -0.4 is 5.32 Å². The Bertz CT molecular complexity index is 704. The van der Waals surface area contributed by atoms with E-state index in [9.17, 15) is 8.42 Å². The molecule has 0 atom stereocenters. The number of hydrogen-bond donors (Lipinski definition) is 1. The molecule has 1 N–H and O–H groups in total. The molecular formula is C12H16N4O3S. The molecule has 3 heterocycles. The van der Waals surface area contributed by atoms with Crippen LogP contribution in [0.3, 0.4) is 0 Å². The van der Waals surface area contributed by atoms with Crippen molar-refractivity contribution in [2.45, 2.75) is 24.7 Å². The predicted octanol–water partition coefficient (Wildman–Crippen LogP) is 0.400. The number of furan rings is 1.